The van der Waals surface area contributed by atoms with Crippen molar-refractivity contribution in [3.8, 4) is 44.5 Å². The van der Waals surface area contributed by atoms with Crippen molar-refractivity contribution in [1.29, 1.82) is 0 Å². The van der Waals surface area contributed by atoms with E-state index in [-0.39, 0.29) is 12.8 Å². The third-order valence-electron chi connectivity index (χ3n) is 5.48. The van der Waals surface area contributed by atoms with Gasteiger partial charge in [0, 0.05) is 17.7 Å². The monoisotopic (exact) mass is 445 g/mol. The van der Waals surface area contributed by atoms with Gasteiger partial charge in [0.15, 0.2) is 11.5 Å². The van der Waals surface area contributed by atoms with Crippen molar-refractivity contribution in [1.82, 2.24) is 4.98 Å². The maximum Gasteiger partial charge on any atom is 0.306 e. The van der Waals surface area contributed by atoms with Crippen LogP contribution in [0.15, 0.2) is 66.0 Å². The molecule has 2 aromatic heterocycles. The van der Waals surface area contributed by atoms with E-state index in [1.165, 1.54) is 0 Å². The summed E-state index contributed by atoms with van der Waals surface area (Å²) in [5, 5.41) is 2.07. The normalized spacial score (nSPS) is 12.2. The van der Waals surface area contributed by atoms with E-state index in [1.807, 2.05) is 43.3 Å². The molecule has 0 atom stereocenters. The molecule has 1 aliphatic rings. The van der Waals surface area contributed by atoms with E-state index in [1.54, 1.807) is 11.3 Å². The van der Waals surface area contributed by atoms with E-state index in [4.69, 9.17) is 14.2 Å². The van der Waals surface area contributed by atoms with Crippen molar-refractivity contribution in [3.63, 3.8) is 0 Å². The maximum atomic E-state index is 12.2. The topological polar surface area (TPSA) is 60.6 Å². The molecule has 32 heavy (non-hydrogen) atoms. The summed E-state index contributed by atoms with van der Waals surface area (Å²) in [4.78, 5) is 17.0. The third kappa shape index (κ3) is 3.89. The number of aromatic amines is 1. The van der Waals surface area contributed by atoms with Gasteiger partial charge in [0.05, 0.1) is 17.2 Å². The third-order valence-corrected chi connectivity index (χ3v) is 6.37. The molecule has 5 rings (SSSR count). The van der Waals surface area contributed by atoms with Crippen LogP contribution in [0.25, 0.3) is 33.0 Å². The fourth-order valence-corrected chi connectivity index (χ4v) is 4.81. The van der Waals surface area contributed by atoms with E-state index >= 15 is 0 Å². The SMILES string of the molecule is CCOC(=O)CCc1c(-c2ccccc2)[nH]c(-c2cccs2)c1-c1ccc2c(c1)OCO2. The van der Waals surface area contributed by atoms with Crippen LogP contribution in [-0.2, 0) is 16.0 Å². The molecular formula is C26H23NO4S. The summed E-state index contributed by atoms with van der Waals surface area (Å²) < 4.78 is 16.4. The van der Waals surface area contributed by atoms with Crippen LogP contribution >= 0.6 is 11.3 Å². The lowest BCUT2D eigenvalue weighted by molar-refractivity contribution is -0.143. The minimum Gasteiger partial charge on any atom is -0.466 e. The number of benzene rings is 2. The summed E-state index contributed by atoms with van der Waals surface area (Å²) in [6.45, 7) is 2.44. The van der Waals surface area contributed by atoms with Gasteiger partial charge in [0.2, 0.25) is 6.79 Å². The number of hydrogen-bond acceptors (Lipinski definition) is 5. The molecule has 0 radical (unpaired) electrons. The van der Waals surface area contributed by atoms with Crippen LogP contribution in [0.3, 0.4) is 0 Å². The first-order valence-corrected chi connectivity index (χ1v) is 11.5. The van der Waals surface area contributed by atoms with Gasteiger partial charge < -0.3 is 19.2 Å². The maximum absolute atomic E-state index is 12.2. The number of nitrogens with one attached hydrogen (secondary N) is 1. The fraction of sp³-hybridized carbons (Fsp3) is 0.192. The Balaban J connectivity index is 1.70. The average Bonchev–Trinajstić information content (AvgIpc) is 3.57. The number of hydrogen-bond donors (Lipinski definition) is 1. The highest BCUT2D eigenvalue weighted by atomic mass is 32.1. The molecule has 1 N–H and O–H groups in total. The Morgan fingerprint density at radius 2 is 1.84 bits per heavy atom. The lowest BCUT2D eigenvalue weighted by Crippen LogP contribution is -2.05. The molecule has 0 spiro atoms. The zero-order valence-corrected chi connectivity index (χ0v) is 18.5. The van der Waals surface area contributed by atoms with Crippen molar-refractivity contribution in [2.24, 2.45) is 0 Å². The number of thiophene rings is 1. The highest BCUT2D eigenvalue weighted by Gasteiger charge is 2.24. The molecule has 0 aliphatic carbocycles. The van der Waals surface area contributed by atoms with Gasteiger partial charge in [-0.2, -0.15) is 0 Å². The second-order valence-corrected chi connectivity index (χ2v) is 8.39. The zero-order chi connectivity index (χ0) is 21.9. The first-order chi connectivity index (χ1) is 15.7. The number of rotatable bonds is 7. The zero-order valence-electron chi connectivity index (χ0n) is 17.7. The molecule has 5 nitrogen and oxygen atoms in total. The molecule has 0 bridgehead atoms. The summed E-state index contributed by atoms with van der Waals surface area (Å²) >= 11 is 1.68. The van der Waals surface area contributed by atoms with Crippen LogP contribution in [0.4, 0.5) is 0 Å². The summed E-state index contributed by atoms with van der Waals surface area (Å²) in [6.07, 6.45) is 0.877. The summed E-state index contributed by atoms with van der Waals surface area (Å²) in [5.41, 5.74) is 6.33. The number of ether oxygens (including phenoxy) is 3. The fourth-order valence-electron chi connectivity index (χ4n) is 4.08. The Morgan fingerprint density at radius 1 is 1.00 bits per heavy atom. The number of esters is 1. The minimum atomic E-state index is -0.193. The van der Waals surface area contributed by atoms with Gasteiger partial charge in [0.25, 0.3) is 0 Å². The standard InChI is InChI=1S/C26H23NO4S/c1-2-29-23(28)13-11-19-24(18-10-12-20-21(15-18)31-16-30-20)26(22-9-6-14-32-22)27-25(19)17-7-4-3-5-8-17/h3-10,12,14-15,27H,2,11,13,16H2,1H3. The van der Waals surface area contributed by atoms with E-state index in [0.29, 0.717) is 19.4 Å². The van der Waals surface area contributed by atoms with Crippen molar-refractivity contribution in [2.45, 2.75) is 19.8 Å². The Kier molecular flexibility index (Phi) is 5.69. The molecule has 3 heterocycles. The van der Waals surface area contributed by atoms with Gasteiger partial charge in [-0.05, 0) is 53.6 Å². The Morgan fingerprint density at radius 3 is 2.62 bits per heavy atom. The predicted octanol–water partition coefficient (Wildman–Crippen LogP) is 6.30. The average molecular weight is 446 g/mol. The van der Waals surface area contributed by atoms with Crippen molar-refractivity contribution >= 4 is 17.3 Å². The van der Waals surface area contributed by atoms with Gasteiger partial charge in [-0.25, -0.2) is 0 Å². The lowest BCUT2D eigenvalue weighted by atomic mass is 9.94. The largest absolute Gasteiger partial charge is 0.466 e. The highest BCUT2D eigenvalue weighted by Crippen LogP contribution is 2.45. The second kappa shape index (κ2) is 8.93. The van der Waals surface area contributed by atoms with E-state index in [2.05, 4.69) is 34.6 Å². The molecule has 162 valence electrons. The van der Waals surface area contributed by atoms with Crippen molar-refractivity contribution in [2.75, 3.05) is 13.4 Å². The van der Waals surface area contributed by atoms with Crippen LogP contribution in [-0.4, -0.2) is 24.4 Å². The van der Waals surface area contributed by atoms with Crippen LogP contribution < -0.4 is 9.47 Å². The smallest absolute Gasteiger partial charge is 0.306 e. The molecule has 2 aromatic carbocycles. The highest BCUT2D eigenvalue weighted by molar-refractivity contribution is 7.13. The quantitative estimate of drug-likeness (QED) is 0.339. The van der Waals surface area contributed by atoms with Gasteiger partial charge in [-0.1, -0.05) is 42.5 Å². The van der Waals surface area contributed by atoms with Crippen LogP contribution in [0.1, 0.15) is 18.9 Å². The van der Waals surface area contributed by atoms with Crippen LogP contribution in [0.5, 0.6) is 11.5 Å². The molecule has 1 aliphatic heterocycles. The van der Waals surface area contributed by atoms with Gasteiger partial charge in [0.1, 0.15) is 0 Å². The number of fused-ring (bicyclic) bond motifs is 1. The summed E-state index contributed by atoms with van der Waals surface area (Å²) in [6, 6.07) is 20.4. The Bertz CT molecular complexity index is 1230. The molecule has 0 amide bonds. The minimum absolute atomic E-state index is 0.193. The molecular weight excluding hydrogens is 422 g/mol. The molecule has 6 heteroatoms. The van der Waals surface area contributed by atoms with Crippen molar-refractivity contribution in [3.05, 3.63) is 71.6 Å². The summed E-state index contributed by atoms with van der Waals surface area (Å²) in [5.74, 6) is 1.29. The summed E-state index contributed by atoms with van der Waals surface area (Å²) in [7, 11) is 0. The molecule has 0 fully saturated rings. The number of H-pyrrole nitrogens is 1. The molecule has 0 saturated heterocycles. The molecule has 4 aromatic rings. The second-order valence-electron chi connectivity index (χ2n) is 7.44. The Hall–Kier alpha value is -3.51. The predicted molar refractivity (Wildman–Crippen MR) is 126 cm³/mol. The molecule has 0 unspecified atom stereocenters. The Labute approximate surface area is 190 Å². The first-order valence-electron chi connectivity index (χ1n) is 10.6. The van der Waals surface area contributed by atoms with Gasteiger partial charge in [-0.15, -0.1) is 11.3 Å². The number of carbonyl (C=O) groups excluding carboxylic acids is 1. The number of aromatic nitrogens is 1. The number of carbonyl (C=O) groups is 1. The first kappa shape index (κ1) is 20.4. The van der Waals surface area contributed by atoms with E-state index < -0.39 is 0 Å². The van der Waals surface area contributed by atoms with Gasteiger partial charge in [-0.3, -0.25) is 4.79 Å². The van der Waals surface area contributed by atoms with Gasteiger partial charge >= 0.3 is 5.97 Å². The van der Waals surface area contributed by atoms with Crippen LogP contribution in [0.2, 0.25) is 0 Å². The molecule has 0 saturated carbocycles. The van der Waals surface area contributed by atoms with Crippen molar-refractivity contribution < 1.29 is 19.0 Å². The van der Waals surface area contributed by atoms with E-state index in [0.717, 1.165) is 50.0 Å². The van der Waals surface area contributed by atoms with Crippen LogP contribution in [0, 0.1) is 0 Å². The lowest BCUT2D eigenvalue weighted by Gasteiger charge is -2.10. The van der Waals surface area contributed by atoms with E-state index in [9.17, 15) is 4.79 Å².